The van der Waals surface area contributed by atoms with Gasteiger partial charge in [-0.2, -0.15) is 31.4 Å². The molecule has 0 radical (unpaired) electrons. The van der Waals surface area contributed by atoms with Crippen LogP contribution in [0, 0.1) is 0 Å². The van der Waals surface area contributed by atoms with Crippen LogP contribution in [-0.4, -0.2) is 11.5 Å². The fourth-order valence-corrected chi connectivity index (χ4v) is 4.42. The number of hydrazone groups is 1. The Morgan fingerprint density at radius 3 is 2.20 bits per heavy atom. The van der Waals surface area contributed by atoms with Crippen molar-refractivity contribution in [3.63, 3.8) is 0 Å². The zero-order chi connectivity index (χ0) is 18.2. The van der Waals surface area contributed by atoms with Crippen molar-refractivity contribution in [1.82, 2.24) is 0 Å². The van der Waals surface area contributed by atoms with Gasteiger partial charge in [0.1, 0.15) is 0 Å². The van der Waals surface area contributed by atoms with Crippen LogP contribution in [0.2, 0.25) is 0 Å². The van der Waals surface area contributed by atoms with Gasteiger partial charge in [0.25, 0.3) is 0 Å². The molecule has 1 aliphatic rings. The molecule has 1 aromatic heterocycles. The Bertz CT molecular complexity index is 775. The molecule has 2 heterocycles. The normalized spacial score (nSPS) is 16.8. The lowest BCUT2D eigenvalue weighted by Gasteiger charge is -2.16. The Balaban J connectivity index is 1.94. The van der Waals surface area contributed by atoms with Gasteiger partial charge in [0.2, 0.25) is 0 Å². The predicted octanol–water partition coefficient (Wildman–Crippen LogP) is 6.10. The van der Waals surface area contributed by atoms with Gasteiger partial charge in [0, 0.05) is 17.7 Å². The van der Waals surface area contributed by atoms with Crippen molar-refractivity contribution in [2.75, 3.05) is 11.2 Å². The van der Waals surface area contributed by atoms with Crippen LogP contribution in [0.5, 0.6) is 0 Å². The quantitative estimate of drug-likeness (QED) is 0.490. The number of halogens is 6. The number of fused-ring (bicyclic) bond motifs is 1. The summed E-state index contributed by atoms with van der Waals surface area (Å²) in [5, 5.41) is 5.90. The molecule has 3 rings (SSSR count). The maximum absolute atomic E-state index is 12.9. The first-order valence-corrected chi connectivity index (χ1v) is 8.84. The lowest BCUT2D eigenvalue weighted by molar-refractivity contribution is -0.143. The molecule has 2 aromatic rings. The molecule has 0 amide bonds. The van der Waals surface area contributed by atoms with E-state index in [1.807, 2.05) is 11.4 Å². The van der Waals surface area contributed by atoms with Crippen LogP contribution in [0.3, 0.4) is 0 Å². The van der Waals surface area contributed by atoms with Gasteiger partial charge in [-0.25, -0.2) is 0 Å². The van der Waals surface area contributed by atoms with E-state index in [4.69, 9.17) is 0 Å². The predicted molar refractivity (Wildman–Crippen MR) is 86.3 cm³/mol. The minimum absolute atomic E-state index is 0.0898. The van der Waals surface area contributed by atoms with Crippen molar-refractivity contribution in [3.8, 4) is 0 Å². The molecule has 0 atom stereocenters. The number of thioether (sulfide) groups is 1. The Hall–Kier alpha value is -1.68. The van der Waals surface area contributed by atoms with Gasteiger partial charge < -0.3 is 0 Å². The highest BCUT2D eigenvalue weighted by molar-refractivity contribution is 8.01. The summed E-state index contributed by atoms with van der Waals surface area (Å²) >= 11 is 3.16. The second kappa shape index (κ2) is 6.56. The highest BCUT2D eigenvalue weighted by atomic mass is 32.2. The maximum atomic E-state index is 12.9. The van der Waals surface area contributed by atoms with Gasteiger partial charge in [0.15, 0.2) is 0 Å². The summed E-state index contributed by atoms with van der Waals surface area (Å²) in [4.78, 5) is 0. The van der Waals surface area contributed by atoms with E-state index in [9.17, 15) is 26.3 Å². The van der Waals surface area contributed by atoms with Crippen molar-refractivity contribution in [2.24, 2.45) is 5.10 Å². The van der Waals surface area contributed by atoms with Gasteiger partial charge in [0.05, 0.1) is 26.7 Å². The molecule has 10 heteroatoms. The number of thiophene rings is 1. The largest absolute Gasteiger partial charge is 0.416 e. The average Bonchev–Trinajstić information content (AvgIpc) is 3.00. The third kappa shape index (κ3) is 4.12. The van der Waals surface area contributed by atoms with E-state index in [0.29, 0.717) is 24.3 Å². The lowest BCUT2D eigenvalue weighted by Crippen LogP contribution is -2.13. The molecule has 0 spiro atoms. The minimum Gasteiger partial charge on any atom is -0.278 e. The number of rotatable bonds is 2. The van der Waals surface area contributed by atoms with E-state index in [2.05, 4.69) is 10.5 Å². The monoisotopic (exact) mass is 396 g/mol. The number of hydrogen-bond donors (Lipinski definition) is 1. The molecule has 0 bridgehead atoms. The number of benzene rings is 1. The van der Waals surface area contributed by atoms with Crippen molar-refractivity contribution in [1.29, 1.82) is 0 Å². The SMILES string of the molecule is FC(F)(F)c1cc(N/N=C2/CCSc3sccc32)cc(C(F)(F)F)c1. The second-order valence-electron chi connectivity index (χ2n) is 5.19. The summed E-state index contributed by atoms with van der Waals surface area (Å²) in [6, 6.07) is 3.16. The van der Waals surface area contributed by atoms with Crippen molar-refractivity contribution >= 4 is 34.5 Å². The summed E-state index contributed by atoms with van der Waals surface area (Å²) in [6.45, 7) is 0. The molecule has 0 unspecified atom stereocenters. The first-order chi connectivity index (χ1) is 11.6. The lowest BCUT2D eigenvalue weighted by atomic mass is 10.1. The fourth-order valence-electron chi connectivity index (χ4n) is 2.26. The van der Waals surface area contributed by atoms with Gasteiger partial charge >= 0.3 is 12.4 Å². The van der Waals surface area contributed by atoms with Gasteiger partial charge in [-0.15, -0.1) is 23.1 Å². The molecule has 1 aliphatic heterocycles. The molecule has 1 N–H and O–H groups in total. The Morgan fingerprint density at radius 2 is 1.60 bits per heavy atom. The van der Waals surface area contributed by atoms with Crippen LogP contribution in [0.25, 0.3) is 0 Å². The van der Waals surface area contributed by atoms with Crippen LogP contribution in [0.1, 0.15) is 23.1 Å². The molecule has 0 aliphatic carbocycles. The Kier molecular flexibility index (Phi) is 4.76. The van der Waals surface area contributed by atoms with E-state index in [0.717, 1.165) is 15.5 Å². The van der Waals surface area contributed by atoms with Crippen LogP contribution in [-0.2, 0) is 12.4 Å². The highest BCUT2D eigenvalue weighted by Gasteiger charge is 2.37. The fraction of sp³-hybridized carbons (Fsp3) is 0.267. The van der Waals surface area contributed by atoms with E-state index < -0.39 is 23.5 Å². The molecule has 25 heavy (non-hydrogen) atoms. The number of anilines is 1. The minimum atomic E-state index is -4.88. The first-order valence-electron chi connectivity index (χ1n) is 6.97. The summed E-state index contributed by atoms with van der Waals surface area (Å²) in [5.74, 6) is 0.754. The topological polar surface area (TPSA) is 24.4 Å². The van der Waals surface area contributed by atoms with Crippen molar-refractivity contribution in [3.05, 3.63) is 46.3 Å². The van der Waals surface area contributed by atoms with Crippen LogP contribution in [0.4, 0.5) is 32.0 Å². The van der Waals surface area contributed by atoms with E-state index in [1.165, 1.54) is 11.3 Å². The number of nitrogens with one attached hydrogen (secondary N) is 1. The van der Waals surface area contributed by atoms with E-state index in [-0.39, 0.29) is 11.8 Å². The van der Waals surface area contributed by atoms with Crippen LogP contribution >= 0.6 is 23.1 Å². The molecular formula is C15H10F6N2S2. The third-order valence-corrected chi connectivity index (χ3v) is 5.66. The summed E-state index contributed by atoms with van der Waals surface area (Å²) in [6.07, 6.45) is -9.19. The Morgan fingerprint density at radius 1 is 0.960 bits per heavy atom. The highest BCUT2D eigenvalue weighted by Crippen LogP contribution is 2.38. The molecule has 0 fully saturated rings. The van der Waals surface area contributed by atoms with E-state index >= 15 is 0 Å². The summed E-state index contributed by atoms with van der Waals surface area (Å²) in [7, 11) is 0. The van der Waals surface area contributed by atoms with Crippen LogP contribution < -0.4 is 5.43 Å². The second-order valence-corrected chi connectivity index (χ2v) is 7.46. The Labute approximate surface area is 146 Å². The zero-order valence-corrected chi connectivity index (χ0v) is 14.0. The van der Waals surface area contributed by atoms with Crippen molar-refractivity contribution < 1.29 is 26.3 Å². The van der Waals surface area contributed by atoms with Crippen molar-refractivity contribution in [2.45, 2.75) is 23.0 Å². The standard InChI is InChI=1S/C15H10F6N2S2/c16-14(17,18)8-5-9(15(19,20)21)7-10(6-8)22-23-12-2-4-25-13-11(12)1-3-24-13/h1,3,5-7,22H,2,4H2/b23-12-. The first kappa shape index (κ1) is 18.1. The molecule has 2 nitrogen and oxygen atoms in total. The molecule has 0 saturated carbocycles. The average molecular weight is 396 g/mol. The number of hydrogen-bond acceptors (Lipinski definition) is 4. The van der Waals surface area contributed by atoms with E-state index in [1.54, 1.807) is 11.8 Å². The molecule has 1 aromatic carbocycles. The summed E-state index contributed by atoms with van der Waals surface area (Å²) < 4.78 is 78.2. The number of nitrogens with zero attached hydrogens (tertiary/aromatic N) is 1. The number of alkyl halides is 6. The van der Waals surface area contributed by atoms with Crippen LogP contribution in [0.15, 0.2) is 39.0 Å². The molecular weight excluding hydrogens is 386 g/mol. The molecule has 0 saturated heterocycles. The zero-order valence-electron chi connectivity index (χ0n) is 12.3. The third-order valence-electron chi connectivity index (χ3n) is 3.42. The summed E-state index contributed by atoms with van der Waals surface area (Å²) in [5.41, 5.74) is 0.718. The van der Waals surface area contributed by atoms with Gasteiger partial charge in [-0.3, -0.25) is 5.43 Å². The molecule has 134 valence electrons. The van der Waals surface area contributed by atoms with Gasteiger partial charge in [-0.05, 0) is 29.6 Å². The van der Waals surface area contributed by atoms with Gasteiger partial charge in [-0.1, -0.05) is 0 Å². The maximum Gasteiger partial charge on any atom is 0.416 e. The smallest absolute Gasteiger partial charge is 0.278 e.